The van der Waals surface area contributed by atoms with Gasteiger partial charge in [0.2, 0.25) is 5.88 Å². The maximum Gasteiger partial charge on any atom is 0.221 e. The lowest BCUT2D eigenvalue weighted by Gasteiger charge is -2.05. The summed E-state index contributed by atoms with van der Waals surface area (Å²) in [5.74, 6) is 0.318. The smallest absolute Gasteiger partial charge is 0.221 e. The van der Waals surface area contributed by atoms with Crippen molar-refractivity contribution in [3.8, 4) is 11.6 Å². The molecular weight excluding hydrogens is 313 g/mol. The Bertz CT molecular complexity index is 731. The van der Waals surface area contributed by atoms with Gasteiger partial charge in [0.15, 0.2) is 5.65 Å². The molecule has 0 unspecified atom stereocenters. The summed E-state index contributed by atoms with van der Waals surface area (Å²) in [6.07, 6.45) is 3.14. The second-order valence-electron chi connectivity index (χ2n) is 3.76. The summed E-state index contributed by atoms with van der Waals surface area (Å²) in [6, 6.07) is 7.71. The summed E-state index contributed by atoms with van der Waals surface area (Å²) in [4.78, 5) is 12.4. The number of pyridine rings is 1. The van der Waals surface area contributed by atoms with Gasteiger partial charge in [0.25, 0.3) is 0 Å². The Hall–Kier alpha value is -2.08. The zero-order chi connectivity index (χ0) is 13.2. The van der Waals surface area contributed by atoms with Crippen LogP contribution in [0.4, 0.5) is 4.39 Å². The molecule has 2 aromatic heterocycles. The molecule has 0 amide bonds. The number of halogens is 2. The van der Waals surface area contributed by atoms with Gasteiger partial charge in [-0.05, 0) is 18.2 Å². The molecular formula is C13H7BrFN3O. The van der Waals surface area contributed by atoms with Crippen molar-refractivity contribution in [3.63, 3.8) is 0 Å². The van der Waals surface area contributed by atoms with Crippen molar-refractivity contribution in [3.05, 3.63) is 53.0 Å². The highest BCUT2D eigenvalue weighted by Gasteiger charge is 2.04. The summed E-state index contributed by atoms with van der Waals surface area (Å²) < 4.78 is 19.3. The van der Waals surface area contributed by atoms with Gasteiger partial charge in [0.1, 0.15) is 17.1 Å². The van der Waals surface area contributed by atoms with Gasteiger partial charge in [0.05, 0.1) is 0 Å². The molecule has 1 aromatic carbocycles. The lowest BCUT2D eigenvalue weighted by Crippen LogP contribution is -1.92. The minimum atomic E-state index is -0.384. The van der Waals surface area contributed by atoms with Gasteiger partial charge in [0, 0.05) is 29.0 Å². The first-order valence-electron chi connectivity index (χ1n) is 5.42. The third-order valence-corrected chi connectivity index (χ3v) is 2.82. The number of ether oxygens (including phenoxy) is 1. The lowest BCUT2D eigenvalue weighted by atomic mass is 10.3. The molecule has 3 aromatic rings. The van der Waals surface area contributed by atoms with Gasteiger partial charge in [-0.25, -0.2) is 9.37 Å². The van der Waals surface area contributed by atoms with Crippen molar-refractivity contribution in [1.82, 2.24) is 15.0 Å². The zero-order valence-corrected chi connectivity index (χ0v) is 11.1. The molecule has 19 heavy (non-hydrogen) atoms. The Kier molecular flexibility index (Phi) is 3.08. The first-order valence-corrected chi connectivity index (χ1v) is 6.22. The van der Waals surface area contributed by atoms with Crippen LogP contribution in [-0.4, -0.2) is 15.0 Å². The highest BCUT2D eigenvalue weighted by molar-refractivity contribution is 9.10. The van der Waals surface area contributed by atoms with Crippen molar-refractivity contribution < 1.29 is 9.13 Å². The molecule has 0 spiro atoms. The number of hydrogen-bond acceptors (Lipinski definition) is 4. The summed E-state index contributed by atoms with van der Waals surface area (Å²) in [6.45, 7) is 0. The monoisotopic (exact) mass is 319 g/mol. The number of fused-ring (bicyclic) bond motifs is 1. The largest absolute Gasteiger partial charge is 0.439 e. The number of benzene rings is 1. The van der Waals surface area contributed by atoms with Crippen LogP contribution in [0.25, 0.3) is 11.2 Å². The molecule has 0 fully saturated rings. The maximum absolute atomic E-state index is 13.2. The second-order valence-corrected chi connectivity index (χ2v) is 4.67. The van der Waals surface area contributed by atoms with E-state index in [1.165, 1.54) is 12.1 Å². The number of rotatable bonds is 2. The number of aromatic nitrogens is 3. The lowest BCUT2D eigenvalue weighted by molar-refractivity contribution is 0.459. The Balaban J connectivity index is 1.96. The summed E-state index contributed by atoms with van der Waals surface area (Å²) in [5, 5.41) is 0. The van der Waals surface area contributed by atoms with Gasteiger partial charge in [-0.15, -0.1) is 0 Å². The second kappa shape index (κ2) is 4.89. The molecule has 0 saturated carbocycles. The van der Waals surface area contributed by atoms with E-state index in [9.17, 15) is 4.39 Å². The highest BCUT2D eigenvalue weighted by Crippen LogP contribution is 2.25. The average Bonchev–Trinajstić information content (AvgIpc) is 2.37. The predicted molar refractivity (Wildman–Crippen MR) is 71.5 cm³/mol. The molecule has 2 heterocycles. The molecule has 0 aliphatic carbocycles. The quantitative estimate of drug-likeness (QED) is 0.722. The molecule has 0 N–H and O–H groups in total. The molecule has 94 valence electrons. The molecule has 6 heteroatoms. The highest BCUT2D eigenvalue weighted by atomic mass is 79.9. The van der Waals surface area contributed by atoms with E-state index in [1.54, 1.807) is 30.6 Å². The van der Waals surface area contributed by atoms with E-state index in [-0.39, 0.29) is 5.82 Å². The molecule has 4 nitrogen and oxygen atoms in total. The van der Waals surface area contributed by atoms with Crippen LogP contribution in [0.1, 0.15) is 0 Å². The van der Waals surface area contributed by atoms with E-state index in [4.69, 9.17) is 4.74 Å². The van der Waals surface area contributed by atoms with Gasteiger partial charge < -0.3 is 4.74 Å². The van der Waals surface area contributed by atoms with Crippen LogP contribution in [0.5, 0.6) is 11.6 Å². The van der Waals surface area contributed by atoms with Crippen LogP contribution in [-0.2, 0) is 0 Å². The van der Waals surface area contributed by atoms with Gasteiger partial charge >= 0.3 is 0 Å². The molecule has 0 bridgehead atoms. The average molecular weight is 320 g/mol. The molecule has 0 radical (unpaired) electrons. The van der Waals surface area contributed by atoms with Crippen LogP contribution in [0.3, 0.4) is 0 Å². The standard InChI is InChI=1S/C13H7BrFN3O/c14-8-5-9(15)7-10(6-8)19-12-2-1-11-13(18-12)17-4-3-16-11/h1-7H. The van der Waals surface area contributed by atoms with Crippen molar-refractivity contribution in [2.24, 2.45) is 0 Å². The molecule has 0 aliphatic rings. The van der Waals surface area contributed by atoms with Crippen LogP contribution >= 0.6 is 15.9 Å². The maximum atomic E-state index is 13.2. The van der Waals surface area contributed by atoms with Crippen molar-refractivity contribution >= 4 is 27.1 Å². The van der Waals surface area contributed by atoms with E-state index >= 15 is 0 Å². The SMILES string of the molecule is Fc1cc(Br)cc(Oc2ccc3nccnc3n2)c1. The minimum Gasteiger partial charge on any atom is -0.439 e. The molecule has 0 atom stereocenters. The molecule has 0 aliphatic heterocycles. The Morgan fingerprint density at radius 1 is 1.05 bits per heavy atom. The van der Waals surface area contributed by atoms with Crippen molar-refractivity contribution in [2.45, 2.75) is 0 Å². The Morgan fingerprint density at radius 3 is 2.74 bits per heavy atom. The van der Waals surface area contributed by atoms with Crippen LogP contribution in [0.15, 0.2) is 47.2 Å². The fourth-order valence-electron chi connectivity index (χ4n) is 1.60. The van der Waals surface area contributed by atoms with Crippen LogP contribution in [0, 0.1) is 5.82 Å². The third-order valence-electron chi connectivity index (χ3n) is 2.36. The van der Waals surface area contributed by atoms with Gasteiger partial charge in [-0.2, -0.15) is 4.98 Å². The Morgan fingerprint density at radius 2 is 1.89 bits per heavy atom. The number of hydrogen-bond donors (Lipinski definition) is 0. The zero-order valence-electron chi connectivity index (χ0n) is 9.55. The van der Waals surface area contributed by atoms with Crippen molar-refractivity contribution in [2.75, 3.05) is 0 Å². The van der Waals surface area contributed by atoms with E-state index in [0.717, 1.165) is 0 Å². The fraction of sp³-hybridized carbons (Fsp3) is 0. The summed E-state index contributed by atoms with van der Waals surface area (Å²) in [5.41, 5.74) is 1.16. The number of nitrogens with zero attached hydrogens (tertiary/aromatic N) is 3. The molecule has 0 saturated heterocycles. The van der Waals surface area contributed by atoms with E-state index < -0.39 is 0 Å². The van der Waals surface area contributed by atoms with Crippen LogP contribution < -0.4 is 4.74 Å². The van der Waals surface area contributed by atoms with E-state index in [0.29, 0.717) is 27.3 Å². The first kappa shape index (κ1) is 12.0. The topological polar surface area (TPSA) is 47.9 Å². The molecule has 3 rings (SSSR count). The predicted octanol–water partition coefficient (Wildman–Crippen LogP) is 3.72. The van der Waals surface area contributed by atoms with Gasteiger partial charge in [-0.3, -0.25) is 4.98 Å². The Labute approximate surface area is 116 Å². The van der Waals surface area contributed by atoms with Crippen molar-refractivity contribution in [1.29, 1.82) is 0 Å². The van der Waals surface area contributed by atoms with Crippen LogP contribution in [0.2, 0.25) is 0 Å². The minimum absolute atomic E-state index is 0.338. The summed E-state index contributed by atoms with van der Waals surface area (Å²) >= 11 is 3.20. The third kappa shape index (κ3) is 2.68. The first-order chi connectivity index (χ1) is 9.20. The fourth-order valence-corrected chi connectivity index (χ4v) is 2.05. The normalized spacial score (nSPS) is 10.6. The van der Waals surface area contributed by atoms with E-state index in [1.807, 2.05) is 0 Å². The summed E-state index contributed by atoms with van der Waals surface area (Å²) in [7, 11) is 0. The van der Waals surface area contributed by atoms with Gasteiger partial charge in [-0.1, -0.05) is 15.9 Å². The van der Waals surface area contributed by atoms with E-state index in [2.05, 4.69) is 30.9 Å².